The third-order valence-corrected chi connectivity index (χ3v) is 13.0. The number of rotatable bonds is 5. The molecule has 0 radical (unpaired) electrons. The average molecular weight is 379 g/mol. The molecule has 0 N–H and O–H groups in total. The largest absolute Gasteiger partial charge is 0.300 e. The summed E-state index contributed by atoms with van der Waals surface area (Å²) in [5.41, 5.74) is 0.834. The van der Waals surface area contributed by atoms with Crippen molar-refractivity contribution in [2.24, 2.45) is 4.03 Å². The van der Waals surface area contributed by atoms with E-state index < -0.39 is 23.9 Å². The van der Waals surface area contributed by atoms with Gasteiger partial charge in [-0.15, -0.1) is 0 Å². The zero-order valence-corrected chi connectivity index (χ0v) is 17.6. The van der Waals surface area contributed by atoms with E-state index in [0.717, 1.165) is 5.56 Å². The molecule has 132 valence electrons. The van der Waals surface area contributed by atoms with Gasteiger partial charge in [0, 0.05) is 10.7 Å². The Morgan fingerprint density at radius 1 is 1.26 bits per heavy atom. The van der Waals surface area contributed by atoms with E-state index in [1.807, 2.05) is 19.0 Å². The lowest BCUT2D eigenvalue weighted by Crippen LogP contribution is -2.35. The third-order valence-electron chi connectivity index (χ3n) is 4.51. The van der Waals surface area contributed by atoms with E-state index in [1.165, 1.54) is 0 Å². The number of halogens is 2. The number of hydrogen-bond acceptors (Lipinski definition) is 3. The van der Waals surface area contributed by atoms with E-state index in [2.05, 4.69) is 37.9 Å². The van der Waals surface area contributed by atoms with Crippen molar-refractivity contribution < 1.29 is 8.60 Å². The van der Waals surface area contributed by atoms with Crippen LogP contribution >= 0.6 is 10.7 Å². The van der Waals surface area contributed by atoms with Gasteiger partial charge < -0.3 is 4.90 Å². The molecule has 2 unspecified atom stereocenters. The zero-order valence-electron chi connectivity index (χ0n) is 15.1. The smallest absolute Gasteiger partial charge is 0.194 e. The fourth-order valence-electron chi connectivity index (χ4n) is 1.87. The molecule has 0 aliphatic rings. The molecule has 0 spiro atoms. The molecule has 0 aliphatic heterocycles. The quantitative estimate of drug-likeness (QED) is 0.518. The Balaban J connectivity index is 3.24. The monoisotopic (exact) mass is 378 g/mol. The Kier molecular flexibility index (Phi) is 6.46. The van der Waals surface area contributed by atoms with E-state index in [1.54, 1.807) is 24.3 Å². The molecule has 0 bridgehead atoms. The van der Waals surface area contributed by atoms with Crippen LogP contribution in [-0.4, -0.2) is 38.1 Å². The molecule has 0 saturated carbocycles. The first kappa shape index (κ1) is 20.6. The van der Waals surface area contributed by atoms with E-state index in [0.29, 0.717) is 4.90 Å². The maximum absolute atomic E-state index is 13.1. The molecule has 0 fully saturated rings. The lowest BCUT2D eigenvalue weighted by Gasteiger charge is -2.32. The van der Waals surface area contributed by atoms with Crippen LogP contribution < -0.4 is 0 Å². The predicted molar refractivity (Wildman–Crippen MR) is 101 cm³/mol. The molecule has 0 aromatic heterocycles. The van der Waals surface area contributed by atoms with Crippen molar-refractivity contribution >= 4 is 27.9 Å². The van der Waals surface area contributed by atoms with Crippen LogP contribution in [-0.2, 0) is 8.94 Å². The Morgan fingerprint density at radius 3 is 2.09 bits per heavy atom. The van der Waals surface area contributed by atoms with E-state index in [9.17, 15) is 8.60 Å². The molecule has 1 aromatic carbocycles. The molecule has 1 rings (SSSR count). The summed E-state index contributed by atoms with van der Waals surface area (Å²) < 4.78 is 30.6. The highest BCUT2D eigenvalue weighted by molar-refractivity contribution is 8.16. The highest BCUT2D eigenvalue weighted by Gasteiger charge is 2.37. The van der Waals surface area contributed by atoms with Crippen molar-refractivity contribution in [2.75, 3.05) is 20.8 Å². The van der Waals surface area contributed by atoms with Crippen molar-refractivity contribution in [1.29, 1.82) is 0 Å². The Morgan fingerprint density at radius 2 is 1.74 bits per heavy atom. The van der Waals surface area contributed by atoms with Crippen molar-refractivity contribution in [3.63, 3.8) is 0 Å². The van der Waals surface area contributed by atoms with E-state index >= 15 is 0 Å². The van der Waals surface area contributed by atoms with Gasteiger partial charge in [0.25, 0.3) is 0 Å². The zero-order chi connectivity index (χ0) is 18.1. The summed E-state index contributed by atoms with van der Waals surface area (Å²) in [5.74, 6) is 0. The van der Waals surface area contributed by atoms with Crippen LogP contribution in [0.1, 0.15) is 32.4 Å². The van der Waals surface area contributed by atoms with Crippen LogP contribution in [0, 0.1) is 0 Å². The predicted octanol–water partition coefficient (Wildman–Crippen LogP) is 5.24. The number of benzene rings is 1. The summed E-state index contributed by atoms with van der Waals surface area (Å²) in [4.78, 5) is 2.30. The van der Waals surface area contributed by atoms with Crippen LogP contribution in [0.3, 0.4) is 0 Å². The van der Waals surface area contributed by atoms with Gasteiger partial charge >= 0.3 is 0 Å². The molecular weight excluding hydrogens is 351 g/mol. The van der Waals surface area contributed by atoms with Crippen LogP contribution in [0.4, 0.5) is 4.39 Å². The van der Waals surface area contributed by atoms with Gasteiger partial charge in [-0.25, -0.2) is 8.60 Å². The molecule has 0 heterocycles. The molecule has 0 amide bonds. The van der Waals surface area contributed by atoms with Crippen LogP contribution in [0.2, 0.25) is 18.1 Å². The fourth-order valence-corrected chi connectivity index (χ4v) is 8.06. The van der Waals surface area contributed by atoms with E-state index in [4.69, 9.17) is 10.7 Å². The van der Waals surface area contributed by atoms with Gasteiger partial charge in [-0.3, -0.25) is 4.03 Å². The minimum Gasteiger partial charge on any atom is -0.300 e. The van der Waals surface area contributed by atoms with Gasteiger partial charge in [0.05, 0.1) is 10.9 Å². The minimum atomic E-state index is -2.97. The number of alkyl halides is 1. The molecule has 3 nitrogen and oxygen atoms in total. The molecule has 1 aromatic rings. The molecule has 7 heteroatoms. The van der Waals surface area contributed by atoms with Crippen LogP contribution in [0.5, 0.6) is 0 Å². The van der Waals surface area contributed by atoms with Crippen molar-refractivity contribution in [1.82, 2.24) is 4.90 Å². The van der Waals surface area contributed by atoms with Gasteiger partial charge in [-0.1, -0.05) is 32.9 Å². The van der Waals surface area contributed by atoms with Crippen molar-refractivity contribution in [3.8, 4) is 0 Å². The Labute approximate surface area is 146 Å². The maximum atomic E-state index is 13.1. The summed E-state index contributed by atoms with van der Waals surface area (Å²) >= 11 is 0. The Bertz CT molecular complexity index is 647. The SMILES string of the molecule is CN(C)C(CF)c1ccc(S(=O)(Cl)=N[Si](C)(C)C(C)(C)C)cc1. The Hall–Kier alpha value is -0.433. The van der Waals surface area contributed by atoms with E-state index in [-0.39, 0.29) is 11.1 Å². The second kappa shape index (κ2) is 7.21. The third kappa shape index (κ3) is 5.02. The summed E-state index contributed by atoms with van der Waals surface area (Å²) in [5, 5.41) is -0.0330. The average Bonchev–Trinajstić information content (AvgIpc) is 2.37. The van der Waals surface area contributed by atoms with Gasteiger partial charge in [0.2, 0.25) is 0 Å². The second-order valence-electron chi connectivity index (χ2n) is 7.56. The normalized spacial score (nSPS) is 17.0. The number of nitrogens with zero attached hydrogens (tertiary/aromatic N) is 2. The summed E-state index contributed by atoms with van der Waals surface area (Å²) in [6.45, 7) is 9.95. The second-order valence-corrected chi connectivity index (χ2v) is 15.6. The van der Waals surface area contributed by atoms with Crippen molar-refractivity contribution in [2.45, 2.75) is 49.8 Å². The lowest BCUT2D eigenvalue weighted by atomic mass is 10.1. The number of hydrogen-bond donors (Lipinski definition) is 0. The summed E-state index contributed by atoms with van der Waals surface area (Å²) in [7, 11) is 4.85. The highest BCUT2D eigenvalue weighted by Crippen LogP contribution is 2.39. The van der Waals surface area contributed by atoms with Crippen LogP contribution in [0.15, 0.2) is 33.2 Å². The van der Waals surface area contributed by atoms with Gasteiger partial charge in [0.1, 0.15) is 6.67 Å². The van der Waals surface area contributed by atoms with Gasteiger partial charge in [-0.05, 0) is 49.9 Å². The highest BCUT2D eigenvalue weighted by atomic mass is 35.7. The molecule has 23 heavy (non-hydrogen) atoms. The summed E-state index contributed by atoms with van der Waals surface area (Å²) in [6.07, 6.45) is 0. The molecular formula is C16H28ClFN2OSSi. The van der Waals surface area contributed by atoms with Gasteiger partial charge in [-0.2, -0.15) is 0 Å². The van der Waals surface area contributed by atoms with Crippen LogP contribution in [0.25, 0.3) is 0 Å². The first-order valence-corrected chi connectivity index (χ1v) is 12.9. The van der Waals surface area contributed by atoms with Crippen molar-refractivity contribution in [3.05, 3.63) is 29.8 Å². The maximum Gasteiger partial charge on any atom is 0.194 e. The minimum absolute atomic E-state index is 0.0330. The molecule has 0 aliphatic carbocycles. The standard InChI is InChI=1S/C16H28ClFN2OSSi/c1-16(2,3)23(6,7)19-22(17,21)14-10-8-13(9-11-14)15(12-18)20(4)5/h8-11,15H,12H2,1-7H3. The molecule has 2 atom stereocenters. The topological polar surface area (TPSA) is 32.7 Å². The fraction of sp³-hybridized carbons (Fsp3) is 0.625. The molecule has 0 saturated heterocycles. The van der Waals surface area contributed by atoms with Gasteiger partial charge in [0.15, 0.2) is 17.2 Å². The lowest BCUT2D eigenvalue weighted by molar-refractivity contribution is 0.242. The first-order valence-electron chi connectivity index (χ1n) is 7.62. The first-order chi connectivity index (χ1) is 10.3. The summed E-state index contributed by atoms with van der Waals surface area (Å²) in [6, 6.07) is 6.65.